The maximum atomic E-state index is 11.5. The van der Waals surface area contributed by atoms with E-state index in [2.05, 4.69) is 6.07 Å². The lowest BCUT2D eigenvalue weighted by molar-refractivity contribution is -0.135. The van der Waals surface area contributed by atoms with Crippen LogP contribution in [-0.4, -0.2) is 5.78 Å². The molecule has 1 atom stereocenters. The van der Waals surface area contributed by atoms with Crippen LogP contribution in [0.15, 0.2) is 0 Å². The Morgan fingerprint density at radius 2 is 2.00 bits per heavy atom. The molecule has 0 aromatic rings. The van der Waals surface area contributed by atoms with Gasteiger partial charge < -0.3 is 0 Å². The van der Waals surface area contributed by atoms with E-state index in [1.54, 1.807) is 0 Å². The van der Waals surface area contributed by atoms with Gasteiger partial charge in [-0.1, -0.05) is 13.8 Å². The molecule has 0 aromatic heterocycles. The SMILES string of the molecule is CC1(C#N)CCCC(=O)C1(C)C. The van der Waals surface area contributed by atoms with Crippen molar-refractivity contribution in [2.45, 2.75) is 40.0 Å². The summed E-state index contributed by atoms with van der Waals surface area (Å²) in [6.07, 6.45) is 2.36. The number of nitriles is 1. The third-order valence-corrected chi connectivity index (χ3v) is 3.40. The summed E-state index contributed by atoms with van der Waals surface area (Å²) in [7, 11) is 0. The summed E-state index contributed by atoms with van der Waals surface area (Å²) in [6.45, 7) is 5.67. The second kappa shape index (κ2) is 2.58. The van der Waals surface area contributed by atoms with Crippen molar-refractivity contribution in [1.82, 2.24) is 0 Å². The molecule has 0 bridgehead atoms. The Bertz CT molecular complexity index is 249. The summed E-state index contributed by atoms with van der Waals surface area (Å²) in [5, 5.41) is 9.00. The number of hydrogen-bond acceptors (Lipinski definition) is 2. The van der Waals surface area contributed by atoms with Crippen LogP contribution in [0.25, 0.3) is 0 Å². The van der Waals surface area contributed by atoms with Gasteiger partial charge in [0.1, 0.15) is 5.78 Å². The molecule has 1 fully saturated rings. The number of nitrogens with zero attached hydrogens (tertiary/aromatic N) is 1. The predicted molar refractivity (Wildman–Crippen MR) is 46.4 cm³/mol. The zero-order chi connectivity index (χ0) is 9.41. The summed E-state index contributed by atoms with van der Waals surface area (Å²) in [5.41, 5.74) is -0.914. The van der Waals surface area contributed by atoms with Crippen LogP contribution in [0.1, 0.15) is 40.0 Å². The number of carbonyl (C=O) groups excluding carboxylic acids is 1. The minimum absolute atomic E-state index is 0.234. The van der Waals surface area contributed by atoms with Crippen molar-refractivity contribution in [2.24, 2.45) is 10.8 Å². The first-order chi connectivity index (χ1) is 5.44. The van der Waals surface area contributed by atoms with Gasteiger partial charge in [-0.25, -0.2) is 0 Å². The molecule has 1 aliphatic rings. The fourth-order valence-electron chi connectivity index (χ4n) is 1.73. The molecular formula is C10H15NO. The zero-order valence-electron chi connectivity index (χ0n) is 7.98. The average molecular weight is 165 g/mol. The largest absolute Gasteiger partial charge is 0.299 e. The van der Waals surface area contributed by atoms with E-state index in [4.69, 9.17) is 5.26 Å². The van der Waals surface area contributed by atoms with Gasteiger partial charge in [-0.15, -0.1) is 0 Å². The van der Waals surface area contributed by atoms with Crippen molar-refractivity contribution in [3.63, 3.8) is 0 Å². The third kappa shape index (κ3) is 1.04. The summed E-state index contributed by atoms with van der Waals surface area (Å²) in [6, 6.07) is 2.28. The first-order valence-corrected chi connectivity index (χ1v) is 4.38. The summed E-state index contributed by atoms with van der Waals surface area (Å²) >= 11 is 0. The molecule has 0 saturated heterocycles. The molecule has 1 unspecified atom stereocenters. The van der Waals surface area contributed by atoms with Gasteiger partial charge in [-0.2, -0.15) is 5.26 Å². The van der Waals surface area contributed by atoms with Crippen molar-refractivity contribution < 1.29 is 4.79 Å². The number of rotatable bonds is 0. The zero-order valence-corrected chi connectivity index (χ0v) is 7.98. The van der Waals surface area contributed by atoms with E-state index in [-0.39, 0.29) is 5.78 Å². The van der Waals surface area contributed by atoms with Gasteiger partial charge >= 0.3 is 0 Å². The maximum absolute atomic E-state index is 11.5. The van der Waals surface area contributed by atoms with Crippen LogP contribution < -0.4 is 0 Å². The van der Waals surface area contributed by atoms with Crippen LogP contribution in [0, 0.1) is 22.2 Å². The minimum atomic E-state index is -0.458. The summed E-state index contributed by atoms with van der Waals surface area (Å²) < 4.78 is 0. The molecule has 1 rings (SSSR count). The lowest BCUT2D eigenvalue weighted by Crippen LogP contribution is -2.43. The smallest absolute Gasteiger partial charge is 0.140 e. The lowest BCUT2D eigenvalue weighted by atomic mass is 9.59. The highest BCUT2D eigenvalue weighted by Crippen LogP contribution is 2.47. The van der Waals surface area contributed by atoms with Crippen molar-refractivity contribution >= 4 is 5.78 Å². The van der Waals surface area contributed by atoms with Crippen molar-refractivity contribution in [1.29, 1.82) is 5.26 Å². The van der Waals surface area contributed by atoms with Gasteiger partial charge in [0.05, 0.1) is 11.5 Å². The van der Waals surface area contributed by atoms with Gasteiger partial charge in [0, 0.05) is 11.8 Å². The highest BCUT2D eigenvalue weighted by molar-refractivity contribution is 5.86. The van der Waals surface area contributed by atoms with Crippen LogP contribution in [0.2, 0.25) is 0 Å². The molecule has 0 N–H and O–H groups in total. The quantitative estimate of drug-likeness (QED) is 0.552. The van der Waals surface area contributed by atoms with Crippen molar-refractivity contribution in [3.8, 4) is 6.07 Å². The number of ketones is 1. The topological polar surface area (TPSA) is 40.9 Å². The Morgan fingerprint density at radius 1 is 1.42 bits per heavy atom. The van der Waals surface area contributed by atoms with Crippen LogP contribution in [0.3, 0.4) is 0 Å². The van der Waals surface area contributed by atoms with E-state index < -0.39 is 10.8 Å². The molecule has 2 nitrogen and oxygen atoms in total. The van der Waals surface area contributed by atoms with E-state index in [1.807, 2.05) is 20.8 Å². The lowest BCUT2D eigenvalue weighted by Gasteiger charge is -2.41. The van der Waals surface area contributed by atoms with Gasteiger partial charge in [0.15, 0.2) is 0 Å². The Labute approximate surface area is 73.6 Å². The van der Waals surface area contributed by atoms with Crippen LogP contribution in [0.4, 0.5) is 0 Å². The number of Topliss-reactive ketones (excluding diaryl/α,β-unsaturated/α-hetero) is 1. The molecule has 0 radical (unpaired) electrons. The Kier molecular flexibility index (Phi) is 1.99. The van der Waals surface area contributed by atoms with Crippen molar-refractivity contribution in [3.05, 3.63) is 0 Å². The average Bonchev–Trinajstić information content (AvgIpc) is 2.01. The Balaban J connectivity index is 3.04. The van der Waals surface area contributed by atoms with E-state index in [1.165, 1.54) is 0 Å². The standard InChI is InChI=1S/C10H15NO/c1-9(2)8(12)5-4-6-10(9,3)7-11/h4-6H2,1-3H3. The molecule has 0 spiro atoms. The molecule has 0 amide bonds. The third-order valence-electron chi connectivity index (χ3n) is 3.40. The van der Waals surface area contributed by atoms with E-state index in [9.17, 15) is 4.79 Å². The first-order valence-electron chi connectivity index (χ1n) is 4.38. The minimum Gasteiger partial charge on any atom is -0.299 e. The molecule has 12 heavy (non-hydrogen) atoms. The number of carbonyl (C=O) groups is 1. The molecule has 66 valence electrons. The van der Waals surface area contributed by atoms with Crippen LogP contribution >= 0.6 is 0 Å². The molecule has 0 aromatic carbocycles. The second-order valence-electron chi connectivity index (χ2n) is 4.35. The van der Waals surface area contributed by atoms with Crippen molar-refractivity contribution in [2.75, 3.05) is 0 Å². The summed E-state index contributed by atoms with van der Waals surface area (Å²) in [5.74, 6) is 0.234. The highest BCUT2D eigenvalue weighted by Gasteiger charge is 2.48. The maximum Gasteiger partial charge on any atom is 0.140 e. The van der Waals surface area contributed by atoms with Crippen LogP contribution in [-0.2, 0) is 4.79 Å². The van der Waals surface area contributed by atoms with Gasteiger partial charge in [0.2, 0.25) is 0 Å². The Hall–Kier alpha value is -0.840. The molecular weight excluding hydrogens is 150 g/mol. The number of hydrogen-bond donors (Lipinski definition) is 0. The molecule has 0 aliphatic heterocycles. The highest BCUT2D eigenvalue weighted by atomic mass is 16.1. The molecule has 1 aliphatic carbocycles. The monoisotopic (exact) mass is 165 g/mol. The predicted octanol–water partition coefficient (Wildman–Crippen LogP) is 2.30. The molecule has 2 heteroatoms. The molecule has 0 heterocycles. The van der Waals surface area contributed by atoms with Crippen LogP contribution in [0.5, 0.6) is 0 Å². The van der Waals surface area contributed by atoms with Gasteiger partial charge in [0.25, 0.3) is 0 Å². The van der Waals surface area contributed by atoms with E-state index in [0.29, 0.717) is 6.42 Å². The first kappa shape index (κ1) is 9.25. The normalized spacial score (nSPS) is 34.3. The molecule has 1 saturated carbocycles. The summed E-state index contributed by atoms with van der Waals surface area (Å²) in [4.78, 5) is 11.5. The fourth-order valence-corrected chi connectivity index (χ4v) is 1.73. The van der Waals surface area contributed by atoms with Gasteiger partial charge in [-0.3, -0.25) is 4.79 Å². The van der Waals surface area contributed by atoms with Gasteiger partial charge in [-0.05, 0) is 19.8 Å². The second-order valence-corrected chi connectivity index (χ2v) is 4.35. The van der Waals surface area contributed by atoms with E-state index >= 15 is 0 Å². The fraction of sp³-hybridized carbons (Fsp3) is 0.800. The Morgan fingerprint density at radius 3 is 2.42 bits per heavy atom. The van der Waals surface area contributed by atoms with E-state index in [0.717, 1.165) is 12.8 Å².